The smallest absolute Gasteiger partial charge is 0.0625 e. The molecule has 1 aliphatic carbocycles. The van der Waals surface area contributed by atoms with E-state index in [9.17, 15) is 0 Å². The largest absolute Gasteiger partial charge is 0.308 e. The quantitative estimate of drug-likeness (QED) is 0.803. The van der Waals surface area contributed by atoms with E-state index in [0.29, 0.717) is 6.04 Å². The summed E-state index contributed by atoms with van der Waals surface area (Å²) in [6.07, 6.45) is 6.38. The lowest BCUT2D eigenvalue weighted by atomic mass is 9.78. The van der Waals surface area contributed by atoms with E-state index < -0.39 is 0 Å². The van der Waals surface area contributed by atoms with Gasteiger partial charge in [0, 0.05) is 6.54 Å². The molecular formula is C15H27N3. The van der Waals surface area contributed by atoms with Crippen molar-refractivity contribution in [1.82, 2.24) is 15.1 Å². The lowest BCUT2D eigenvalue weighted by Crippen LogP contribution is -2.34. The van der Waals surface area contributed by atoms with Crippen molar-refractivity contribution in [2.75, 3.05) is 6.54 Å². The first-order chi connectivity index (χ1) is 8.80. The van der Waals surface area contributed by atoms with E-state index in [0.717, 1.165) is 25.4 Å². The van der Waals surface area contributed by atoms with E-state index in [1.807, 2.05) is 0 Å². The van der Waals surface area contributed by atoms with Gasteiger partial charge in [0.1, 0.15) is 0 Å². The summed E-state index contributed by atoms with van der Waals surface area (Å²) in [6.45, 7) is 8.70. The molecule has 0 aromatic carbocycles. The van der Waals surface area contributed by atoms with Gasteiger partial charge in [0.15, 0.2) is 0 Å². The van der Waals surface area contributed by atoms with E-state index in [2.05, 4.69) is 36.8 Å². The molecule has 0 saturated heterocycles. The summed E-state index contributed by atoms with van der Waals surface area (Å²) in [7, 11) is 0. The van der Waals surface area contributed by atoms with Gasteiger partial charge in [-0.1, -0.05) is 20.3 Å². The molecule has 1 aromatic rings. The highest BCUT2D eigenvalue weighted by molar-refractivity contribution is 5.16. The van der Waals surface area contributed by atoms with Gasteiger partial charge in [0.05, 0.1) is 17.4 Å². The Morgan fingerprint density at radius 3 is 2.67 bits per heavy atom. The molecule has 0 bridgehead atoms. The van der Waals surface area contributed by atoms with E-state index in [4.69, 9.17) is 5.10 Å². The highest BCUT2D eigenvalue weighted by Gasteiger charge is 2.30. The fourth-order valence-electron chi connectivity index (χ4n) is 2.75. The van der Waals surface area contributed by atoms with Gasteiger partial charge in [0.2, 0.25) is 0 Å². The van der Waals surface area contributed by atoms with Gasteiger partial charge in [-0.25, -0.2) is 0 Å². The second kappa shape index (κ2) is 6.37. The minimum atomic E-state index is 0.520. The molecule has 0 amide bonds. The number of aryl methyl sites for hydroxylation is 2. The molecule has 18 heavy (non-hydrogen) atoms. The summed E-state index contributed by atoms with van der Waals surface area (Å²) < 4.78 is 2.20. The molecule has 1 aromatic heterocycles. The van der Waals surface area contributed by atoms with Crippen LogP contribution in [0.15, 0.2) is 6.07 Å². The third-order valence-corrected chi connectivity index (χ3v) is 4.08. The zero-order chi connectivity index (χ0) is 13.0. The van der Waals surface area contributed by atoms with Crippen molar-refractivity contribution in [3.05, 3.63) is 17.5 Å². The maximum atomic E-state index is 4.69. The fraction of sp³-hybridized carbons (Fsp3) is 0.800. The molecule has 0 aliphatic heterocycles. The Hall–Kier alpha value is -0.830. The van der Waals surface area contributed by atoms with Crippen LogP contribution in [0.5, 0.6) is 0 Å². The molecule has 102 valence electrons. The molecular weight excluding hydrogens is 222 g/mol. The predicted molar refractivity (Wildman–Crippen MR) is 75.7 cm³/mol. The summed E-state index contributed by atoms with van der Waals surface area (Å²) in [5.41, 5.74) is 2.64. The van der Waals surface area contributed by atoms with Crippen LogP contribution in [0.1, 0.15) is 63.9 Å². The van der Waals surface area contributed by atoms with Crippen molar-refractivity contribution >= 4 is 0 Å². The molecule has 1 fully saturated rings. The molecule has 2 rings (SSSR count). The van der Waals surface area contributed by atoms with Crippen LogP contribution < -0.4 is 5.32 Å². The first-order valence-corrected chi connectivity index (χ1v) is 7.60. The summed E-state index contributed by atoms with van der Waals surface area (Å²) in [5.74, 6) is 0.822. The van der Waals surface area contributed by atoms with Crippen LogP contribution >= 0.6 is 0 Å². The Morgan fingerprint density at radius 2 is 2.17 bits per heavy atom. The maximum Gasteiger partial charge on any atom is 0.0625 e. The summed E-state index contributed by atoms with van der Waals surface area (Å²) >= 11 is 0. The number of hydrogen-bond acceptors (Lipinski definition) is 2. The lowest BCUT2D eigenvalue weighted by molar-refractivity contribution is 0.222. The summed E-state index contributed by atoms with van der Waals surface area (Å²) in [6, 6.07) is 2.83. The monoisotopic (exact) mass is 249 g/mol. The van der Waals surface area contributed by atoms with Gasteiger partial charge < -0.3 is 5.32 Å². The van der Waals surface area contributed by atoms with E-state index in [-0.39, 0.29) is 0 Å². The van der Waals surface area contributed by atoms with E-state index >= 15 is 0 Å². The number of nitrogens with one attached hydrogen (secondary N) is 1. The molecule has 1 unspecified atom stereocenters. The van der Waals surface area contributed by atoms with Crippen LogP contribution in [0.3, 0.4) is 0 Å². The zero-order valence-corrected chi connectivity index (χ0v) is 12.1. The van der Waals surface area contributed by atoms with Crippen molar-refractivity contribution < 1.29 is 0 Å². The van der Waals surface area contributed by atoms with Gasteiger partial charge in [-0.05, 0) is 51.1 Å². The van der Waals surface area contributed by atoms with Crippen LogP contribution in [0, 0.1) is 5.92 Å². The number of nitrogens with zero attached hydrogens (tertiary/aromatic N) is 2. The molecule has 0 radical (unpaired) electrons. The predicted octanol–water partition coefficient (Wildman–Crippen LogP) is 3.31. The van der Waals surface area contributed by atoms with Crippen molar-refractivity contribution in [3.63, 3.8) is 0 Å². The summed E-state index contributed by atoms with van der Waals surface area (Å²) in [4.78, 5) is 0. The molecule has 1 heterocycles. The molecule has 1 N–H and O–H groups in total. The standard InChI is InChI=1S/C15H27N3/c1-4-10-16-15(12-8-7-9-12)14-11-13(5-2)17-18(14)6-3/h11-12,15-16H,4-10H2,1-3H3. The van der Waals surface area contributed by atoms with Gasteiger partial charge in [-0.3, -0.25) is 4.68 Å². The van der Waals surface area contributed by atoms with Gasteiger partial charge in [-0.2, -0.15) is 5.10 Å². The van der Waals surface area contributed by atoms with Crippen molar-refractivity contribution in [2.24, 2.45) is 5.92 Å². The van der Waals surface area contributed by atoms with E-state index in [1.54, 1.807) is 0 Å². The Bertz CT molecular complexity index is 366. The molecule has 0 spiro atoms. The minimum Gasteiger partial charge on any atom is -0.308 e. The topological polar surface area (TPSA) is 29.9 Å². The Kier molecular flexibility index (Phi) is 4.81. The van der Waals surface area contributed by atoms with E-state index in [1.165, 1.54) is 37.1 Å². The third kappa shape index (κ3) is 2.77. The normalized spacial score (nSPS) is 17.7. The van der Waals surface area contributed by atoms with Gasteiger partial charge in [0.25, 0.3) is 0 Å². The second-order valence-electron chi connectivity index (χ2n) is 5.35. The number of rotatable bonds is 7. The molecule has 3 nitrogen and oxygen atoms in total. The van der Waals surface area contributed by atoms with Crippen LogP contribution in [0.4, 0.5) is 0 Å². The molecule has 1 aliphatic rings. The number of hydrogen-bond donors (Lipinski definition) is 1. The number of aromatic nitrogens is 2. The lowest BCUT2D eigenvalue weighted by Gasteiger charge is -2.34. The van der Waals surface area contributed by atoms with Crippen LogP contribution in [0.25, 0.3) is 0 Å². The maximum absolute atomic E-state index is 4.69. The highest BCUT2D eigenvalue weighted by Crippen LogP contribution is 2.37. The van der Waals surface area contributed by atoms with Crippen molar-refractivity contribution in [2.45, 2.75) is 65.5 Å². The SMILES string of the molecule is CCCNC(c1cc(CC)nn1CC)C1CCC1. The average Bonchev–Trinajstić information content (AvgIpc) is 2.75. The Morgan fingerprint density at radius 1 is 1.39 bits per heavy atom. The van der Waals surface area contributed by atoms with Crippen molar-refractivity contribution in [3.8, 4) is 0 Å². The Balaban J connectivity index is 2.19. The van der Waals surface area contributed by atoms with Crippen molar-refractivity contribution in [1.29, 1.82) is 0 Å². The summed E-state index contributed by atoms with van der Waals surface area (Å²) in [5, 5.41) is 8.43. The average molecular weight is 249 g/mol. The second-order valence-corrected chi connectivity index (χ2v) is 5.35. The Labute approximate surface area is 111 Å². The first kappa shape index (κ1) is 13.6. The fourth-order valence-corrected chi connectivity index (χ4v) is 2.75. The zero-order valence-electron chi connectivity index (χ0n) is 12.1. The van der Waals surface area contributed by atoms with Gasteiger partial charge >= 0.3 is 0 Å². The van der Waals surface area contributed by atoms with Crippen LogP contribution in [-0.4, -0.2) is 16.3 Å². The van der Waals surface area contributed by atoms with Gasteiger partial charge in [-0.15, -0.1) is 0 Å². The third-order valence-electron chi connectivity index (χ3n) is 4.08. The molecule has 3 heteroatoms. The highest BCUT2D eigenvalue weighted by atomic mass is 15.3. The first-order valence-electron chi connectivity index (χ1n) is 7.60. The van der Waals surface area contributed by atoms with Crippen LogP contribution in [-0.2, 0) is 13.0 Å². The minimum absolute atomic E-state index is 0.520. The molecule has 1 saturated carbocycles. The molecule has 1 atom stereocenters. The van der Waals surface area contributed by atoms with Crippen LogP contribution in [0.2, 0.25) is 0 Å².